The highest BCUT2D eigenvalue weighted by molar-refractivity contribution is 5.86. The highest BCUT2D eigenvalue weighted by Gasteiger charge is 2.44. The van der Waals surface area contributed by atoms with Crippen LogP contribution in [0, 0.1) is 0 Å². The molecule has 1 aromatic heterocycles. The molecule has 0 unspecified atom stereocenters. The second-order valence-corrected chi connectivity index (χ2v) is 13.1. The third-order valence-corrected chi connectivity index (χ3v) is 7.61. The minimum Gasteiger partial charge on any atom is -0.351 e. The van der Waals surface area contributed by atoms with Crippen LogP contribution in [0.2, 0.25) is 0 Å². The van der Waals surface area contributed by atoms with Gasteiger partial charge in [0.1, 0.15) is 0 Å². The maximum absolute atomic E-state index is 13.2. The fourth-order valence-electron chi connectivity index (χ4n) is 6.25. The fourth-order valence-corrected chi connectivity index (χ4v) is 6.25. The van der Waals surface area contributed by atoms with E-state index in [1.807, 2.05) is 18.7 Å². The molecule has 202 valence electrons. The second kappa shape index (κ2) is 10.7. The molecule has 0 radical (unpaired) electrons. The van der Waals surface area contributed by atoms with Gasteiger partial charge in [0.15, 0.2) is 0 Å². The summed E-state index contributed by atoms with van der Waals surface area (Å²) in [6, 6.07) is 0.819. The first-order valence-electron chi connectivity index (χ1n) is 14.1. The summed E-state index contributed by atoms with van der Waals surface area (Å²) in [4.78, 5) is 29.5. The number of hydrogen-bond donors (Lipinski definition) is 4. The van der Waals surface area contributed by atoms with Gasteiger partial charge in [-0.3, -0.25) is 10.1 Å². The Morgan fingerprint density at radius 2 is 1.31 bits per heavy atom. The Morgan fingerprint density at radius 3 is 1.81 bits per heavy atom. The maximum atomic E-state index is 13.2. The quantitative estimate of drug-likeness (QED) is 0.412. The van der Waals surface area contributed by atoms with E-state index < -0.39 is 11.1 Å². The molecular weight excluding hydrogens is 452 g/mol. The van der Waals surface area contributed by atoms with Crippen molar-refractivity contribution in [2.24, 2.45) is 0 Å². The summed E-state index contributed by atoms with van der Waals surface area (Å²) in [5, 5.41) is 14.2. The highest BCUT2D eigenvalue weighted by atomic mass is 16.2. The van der Waals surface area contributed by atoms with Crippen molar-refractivity contribution in [3.8, 4) is 0 Å². The van der Waals surface area contributed by atoms with Crippen molar-refractivity contribution in [3.63, 3.8) is 0 Å². The number of anilines is 3. The molecule has 3 fully saturated rings. The largest absolute Gasteiger partial charge is 0.351 e. The van der Waals surface area contributed by atoms with Gasteiger partial charge in [0.25, 0.3) is 0 Å². The van der Waals surface area contributed by atoms with E-state index in [4.69, 9.17) is 15.0 Å². The minimum atomic E-state index is -0.598. The first-order chi connectivity index (χ1) is 16.9. The Balaban J connectivity index is 1.51. The van der Waals surface area contributed by atoms with E-state index in [0.29, 0.717) is 43.0 Å². The van der Waals surface area contributed by atoms with Crippen LogP contribution in [-0.4, -0.2) is 67.5 Å². The molecule has 1 aromatic rings. The predicted octanol–water partition coefficient (Wildman–Crippen LogP) is 4.54. The first kappa shape index (κ1) is 26.9. The van der Waals surface area contributed by atoms with Crippen molar-refractivity contribution >= 4 is 23.8 Å². The molecule has 2 saturated carbocycles. The van der Waals surface area contributed by atoms with Crippen LogP contribution in [0.4, 0.5) is 17.8 Å². The van der Waals surface area contributed by atoms with Gasteiger partial charge < -0.3 is 20.9 Å². The van der Waals surface area contributed by atoms with Gasteiger partial charge in [0, 0.05) is 30.7 Å². The molecule has 2 aliphatic carbocycles. The molecule has 0 aromatic carbocycles. The number of piperazine rings is 1. The second-order valence-electron chi connectivity index (χ2n) is 13.1. The van der Waals surface area contributed by atoms with E-state index in [1.54, 1.807) is 0 Å². The van der Waals surface area contributed by atoms with Crippen molar-refractivity contribution in [1.29, 1.82) is 0 Å². The fraction of sp³-hybridized carbons (Fsp3) is 0.852. The molecular formula is C27H48N8O. The van der Waals surface area contributed by atoms with Crippen LogP contribution >= 0.6 is 0 Å². The van der Waals surface area contributed by atoms with E-state index in [1.165, 1.54) is 38.5 Å². The van der Waals surface area contributed by atoms with Crippen LogP contribution in [0.3, 0.4) is 0 Å². The van der Waals surface area contributed by atoms with Crippen molar-refractivity contribution in [2.45, 2.75) is 134 Å². The van der Waals surface area contributed by atoms with Crippen LogP contribution in [0.15, 0.2) is 0 Å². The summed E-state index contributed by atoms with van der Waals surface area (Å²) >= 11 is 0. The highest BCUT2D eigenvalue weighted by Crippen LogP contribution is 2.27. The van der Waals surface area contributed by atoms with E-state index >= 15 is 0 Å². The third-order valence-electron chi connectivity index (χ3n) is 7.61. The van der Waals surface area contributed by atoms with Gasteiger partial charge in [-0.15, -0.1) is 0 Å². The lowest BCUT2D eigenvalue weighted by Crippen LogP contribution is -2.71. The van der Waals surface area contributed by atoms with Crippen LogP contribution in [0.1, 0.15) is 106 Å². The third kappa shape index (κ3) is 7.20. The predicted molar refractivity (Wildman–Crippen MR) is 146 cm³/mol. The Kier molecular flexibility index (Phi) is 7.98. The monoisotopic (exact) mass is 500 g/mol. The number of carbonyl (C=O) groups is 1. The van der Waals surface area contributed by atoms with Crippen LogP contribution < -0.4 is 21.3 Å². The molecule has 0 spiro atoms. The average molecular weight is 501 g/mol. The molecule has 4 rings (SSSR count). The molecule has 36 heavy (non-hydrogen) atoms. The van der Waals surface area contributed by atoms with Crippen molar-refractivity contribution in [1.82, 2.24) is 25.2 Å². The number of carbonyl (C=O) groups excluding carboxylic acids is 1. The standard InChI is InChI=1S/C27H48N8O/c1-25(2,17-35-18-26(3,4)34-27(5,6)21(35)36)33-24-31-22(28-19-13-9-7-10-14-19)30-23(32-24)29-20-15-11-8-12-16-20/h19-20,34H,7-18H2,1-6H3,(H3,28,29,30,31,32,33). The van der Waals surface area contributed by atoms with Gasteiger partial charge in [0.05, 0.1) is 11.1 Å². The van der Waals surface area contributed by atoms with E-state index in [0.717, 1.165) is 25.7 Å². The molecule has 3 aliphatic rings. The lowest BCUT2D eigenvalue weighted by molar-refractivity contribution is -0.144. The summed E-state index contributed by atoms with van der Waals surface area (Å²) < 4.78 is 0. The van der Waals surface area contributed by atoms with Gasteiger partial charge in [0.2, 0.25) is 23.8 Å². The number of rotatable bonds is 8. The number of nitrogens with zero attached hydrogens (tertiary/aromatic N) is 4. The number of aromatic nitrogens is 3. The number of hydrogen-bond acceptors (Lipinski definition) is 8. The van der Waals surface area contributed by atoms with E-state index in [-0.39, 0.29) is 11.4 Å². The smallest absolute Gasteiger partial charge is 0.242 e. The zero-order chi connectivity index (χ0) is 26.0. The van der Waals surface area contributed by atoms with Crippen molar-refractivity contribution < 1.29 is 4.79 Å². The maximum Gasteiger partial charge on any atom is 0.242 e. The Bertz CT molecular complexity index is 865. The summed E-state index contributed by atoms with van der Waals surface area (Å²) in [6.07, 6.45) is 12.2. The average Bonchev–Trinajstić information content (AvgIpc) is 2.77. The molecule has 9 heteroatoms. The van der Waals surface area contributed by atoms with Crippen LogP contribution in [0.5, 0.6) is 0 Å². The SMILES string of the molecule is CC(C)(CN1CC(C)(C)NC(C)(C)C1=O)Nc1nc(NC2CCCCC2)nc(NC2CCCCC2)n1. The van der Waals surface area contributed by atoms with E-state index in [2.05, 4.69) is 49.0 Å². The lowest BCUT2D eigenvalue weighted by Gasteiger charge is -2.49. The van der Waals surface area contributed by atoms with Crippen LogP contribution in [-0.2, 0) is 4.79 Å². The summed E-state index contributed by atoms with van der Waals surface area (Å²) in [7, 11) is 0. The van der Waals surface area contributed by atoms with Crippen molar-refractivity contribution in [2.75, 3.05) is 29.0 Å². The molecule has 4 N–H and O–H groups in total. The van der Waals surface area contributed by atoms with E-state index in [9.17, 15) is 4.79 Å². The molecule has 1 amide bonds. The summed E-state index contributed by atoms with van der Waals surface area (Å²) in [6.45, 7) is 13.6. The normalized spacial score (nSPS) is 23.4. The van der Waals surface area contributed by atoms with Gasteiger partial charge in [-0.2, -0.15) is 15.0 Å². The van der Waals surface area contributed by atoms with Gasteiger partial charge >= 0.3 is 0 Å². The molecule has 1 saturated heterocycles. The summed E-state index contributed by atoms with van der Waals surface area (Å²) in [5.74, 6) is 1.93. The molecule has 0 atom stereocenters. The van der Waals surface area contributed by atoms with Crippen molar-refractivity contribution in [3.05, 3.63) is 0 Å². The van der Waals surface area contributed by atoms with Gasteiger partial charge in [-0.05, 0) is 67.2 Å². The Morgan fingerprint density at radius 1 is 0.833 bits per heavy atom. The molecule has 9 nitrogen and oxygen atoms in total. The number of amides is 1. The molecule has 0 bridgehead atoms. The van der Waals surface area contributed by atoms with Crippen LogP contribution in [0.25, 0.3) is 0 Å². The topological polar surface area (TPSA) is 107 Å². The summed E-state index contributed by atoms with van der Waals surface area (Å²) in [5.41, 5.74) is -1.18. The van der Waals surface area contributed by atoms with Gasteiger partial charge in [-0.25, -0.2) is 0 Å². The Hall–Kier alpha value is -2.16. The van der Waals surface area contributed by atoms with Gasteiger partial charge in [-0.1, -0.05) is 38.5 Å². The molecule has 2 heterocycles. The lowest BCUT2D eigenvalue weighted by atomic mass is 9.89. The number of nitrogens with one attached hydrogen (secondary N) is 4. The Labute approximate surface area is 217 Å². The zero-order valence-electron chi connectivity index (χ0n) is 23.3. The molecule has 1 aliphatic heterocycles. The zero-order valence-corrected chi connectivity index (χ0v) is 23.3. The first-order valence-corrected chi connectivity index (χ1v) is 14.1. The minimum absolute atomic E-state index is 0.117.